The zero-order valence-electron chi connectivity index (χ0n) is 13.0. The fraction of sp³-hybridized carbons (Fsp3) is 0.167. The van der Waals surface area contributed by atoms with Crippen molar-refractivity contribution in [1.29, 1.82) is 0 Å². The summed E-state index contributed by atoms with van der Waals surface area (Å²) in [6.07, 6.45) is 0. The molecule has 5 heteroatoms. The number of hydrogen-bond donors (Lipinski definition) is 1. The van der Waals surface area contributed by atoms with Crippen LogP contribution in [0.15, 0.2) is 48.5 Å². The van der Waals surface area contributed by atoms with Crippen molar-refractivity contribution in [2.24, 2.45) is 0 Å². The Kier molecular flexibility index (Phi) is 5.25. The highest BCUT2D eigenvalue weighted by atomic mass is 16.5. The molecule has 118 valence electrons. The SMILES string of the molecule is CC(=O)c1ccc(NC(=O)COc2ccc(C(C)=O)cc2)cc1. The summed E-state index contributed by atoms with van der Waals surface area (Å²) >= 11 is 0. The Balaban J connectivity index is 1.87. The first kappa shape index (κ1) is 16.4. The Morgan fingerprint density at radius 3 is 1.78 bits per heavy atom. The van der Waals surface area contributed by atoms with E-state index in [1.165, 1.54) is 13.8 Å². The minimum Gasteiger partial charge on any atom is -0.484 e. The lowest BCUT2D eigenvalue weighted by molar-refractivity contribution is -0.118. The van der Waals surface area contributed by atoms with Gasteiger partial charge < -0.3 is 10.1 Å². The summed E-state index contributed by atoms with van der Waals surface area (Å²) < 4.78 is 5.36. The van der Waals surface area contributed by atoms with Crippen LogP contribution in [-0.4, -0.2) is 24.1 Å². The third-order valence-electron chi connectivity index (χ3n) is 3.21. The topological polar surface area (TPSA) is 72.5 Å². The molecule has 0 aliphatic carbocycles. The maximum absolute atomic E-state index is 11.8. The number of ether oxygens (including phenoxy) is 1. The van der Waals surface area contributed by atoms with Gasteiger partial charge >= 0.3 is 0 Å². The van der Waals surface area contributed by atoms with E-state index in [9.17, 15) is 14.4 Å². The largest absolute Gasteiger partial charge is 0.484 e. The summed E-state index contributed by atoms with van der Waals surface area (Å²) in [6, 6.07) is 13.2. The fourth-order valence-electron chi connectivity index (χ4n) is 1.92. The Bertz CT molecular complexity index is 718. The number of hydrogen-bond acceptors (Lipinski definition) is 4. The van der Waals surface area contributed by atoms with Gasteiger partial charge in [-0.3, -0.25) is 14.4 Å². The molecule has 2 rings (SSSR count). The number of carbonyl (C=O) groups is 3. The lowest BCUT2D eigenvalue weighted by atomic mass is 10.1. The molecule has 0 aliphatic rings. The predicted molar refractivity (Wildman–Crippen MR) is 87.0 cm³/mol. The first-order chi connectivity index (χ1) is 11.0. The van der Waals surface area contributed by atoms with E-state index in [1.54, 1.807) is 48.5 Å². The molecule has 5 nitrogen and oxygen atoms in total. The van der Waals surface area contributed by atoms with Crippen LogP contribution in [0.25, 0.3) is 0 Å². The molecule has 0 atom stereocenters. The average molecular weight is 311 g/mol. The second kappa shape index (κ2) is 7.35. The number of Topliss-reactive ketones (excluding diaryl/α,β-unsaturated/α-hetero) is 2. The molecule has 0 radical (unpaired) electrons. The van der Waals surface area contributed by atoms with E-state index in [4.69, 9.17) is 4.74 Å². The summed E-state index contributed by atoms with van der Waals surface area (Å²) in [7, 11) is 0. The van der Waals surface area contributed by atoms with Gasteiger partial charge in [0.2, 0.25) is 0 Å². The summed E-state index contributed by atoms with van der Waals surface area (Å²) in [5.74, 6) is 0.150. The quantitative estimate of drug-likeness (QED) is 0.832. The lowest BCUT2D eigenvalue weighted by Gasteiger charge is -2.08. The second-order valence-corrected chi connectivity index (χ2v) is 5.05. The van der Waals surface area contributed by atoms with E-state index in [0.717, 1.165) is 0 Å². The van der Waals surface area contributed by atoms with Gasteiger partial charge in [0.1, 0.15) is 5.75 Å². The number of rotatable bonds is 6. The first-order valence-corrected chi connectivity index (χ1v) is 7.10. The molecule has 0 unspecified atom stereocenters. The van der Waals surface area contributed by atoms with E-state index < -0.39 is 0 Å². The van der Waals surface area contributed by atoms with Crippen molar-refractivity contribution in [1.82, 2.24) is 0 Å². The van der Waals surface area contributed by atoms with E-state index in [2.05, 4.69) is 5.32 Å². The van der Waals surface area contributed by atoms with Crippen molar-refractivity contribution >= 4 is 23.2 Å². The predicted octanol–water partition coefficient (Wildman–Crippen LogP) is 3.11. The molecule has 0 fully saturated rings. The molecule has 0 aromatic heterocycles. The highest BCUT2D eigenvalue weighted by Crippen LogP contribution is 2.13. The monoisotopic (exact) mass is 311 g/mol. The highest BCUT2D eigenvalue weighted by Gasteiger charge is 2.06. The molecule has 23 heavy (non-hydrogen) atoms. The van der Waals surface area contributed by atoms with Crippen LogP contribution in [0.3, 0.4) is 0 Å². The van der Waals surface area contributed by atoms with Gasteiger partial charge in [-0.05, 0) is 62.4 Å². The minimum atomic E-state index is -0.309. The van der Waals surface area contributed by atoms with Gasteiger partial charge in [0.25, 0.3) is 5.91 Å². The summed E-state index contributed by atoms with van der Waals surface area (Å²) in [5, 5.41) is 2.68. The van der Waals surface area contributed by atoms with E-state index in [-0.39, 0.29) is 24.1 Å². The van der Waals surface area contributed by atoms with Crippen LogP contribution in [0.4, 0.5) is 5.69 Å². The normalized spacial score (nSPS) is 10.0. The van der Waals surface area contributed by atoms with Crippen LogP contribution in [0.5, 0.6) is 5.75 Å². The van der Waals surface area contributed by atoms with Crippen LogP contribution in [0.1, 0.15) is 34.6 Å². The smallest absolute Gasteiger partial charge is 0.262 e. The van der Waals surface area contributed by atoms with Crippen LogP contribution >= 0.6 is 0 Å². The third-order valence-corrected chi connectivity index (χ3v) is 3.21. The fourth-order valence-corrected chi connectivity index (χ4v) is 1.92. The third kappa shape index (κ3) is 4.78. The Morgan fingerprint density at radius 2 is 1.30 bits per heavy atom. The Hall–Kier alpha value is -2.95. The maximum atomic E-state index is 11.8. The van der Waals surface area contributed by atoms with Gasteiger partial charge in [-0.1, -0.05) is 0 Å². The molecule has 1 amide bonds. The molecule has 1 N–H and O–H groups in total. The molecule has 2 aromatic rings. The highest BCUT2D eigenvalue weighted by molar-refractivity contribution is 5.96. The number of ketones is 2. The molecular formula is C18H17NO4. The van der Waals surface area contributed by atoms with Gasteiger partial charge in [0.15, 0.2) is 18.2 Å². The summed E-state index contributed by atoms with van der Waals surface area (Å²) in [4.78, 5) is 34.2. The van der Waals surface area contributed by atoms with Crippen molar-refractivity contribution in [3.05, 3.63) is 59.7 Å². The molecule has 0 bridgehead atoms. The molecule has 0 aliphatic heterocycles. The Labute approximate surface area is 134 Å². The number of anilines is 1. The van der Waals surface area contributed by atoms with Crippen molar-refractivity contribution < 1.29 is 19.1 Å². The van der Waals surface area contributed by atoms with Gasteiger partial charge in [-0.2, -0.15) is 0 Å². The van der Waals surface area contributed by atoms with E-state index in [1.807, 2.05) is 0 Å². The van der Waals surface area contributed by atoms with Gasteiger partial charge in [-0.15, -0.1) is 0 Å². The molecule has 0 spiro atoms. The second-order valence-electron chi connectivity index (χ2n) is 5.05. The van der Waals surface area contributed by atoms with Gasteiger partial charge in [-0.25, -0.2) is 0 Å². The average Bonchev–Trinajstić information content (AvgIpc) is 2.54. The lowest BCUT2D eigenvalue weighted by Crippen LogP contribution is -2.20. The molecular weight excluding hydrogens is 294 g/mol. The van der Waals surface area contributed by atoms with E-state index >= 15 is 0 Å². The standard InChI is InChI=1S/C18H17NO4/c1-12(20)14-3-7-16(8-4-14)19-18(22)11-23-17-9-5-15(6-10-17)13(2)21/h3-10H,11H2,1-2H3,(H,19,22). The number of carbonyl (C=O) groups excluding carboxylic acids is 3. The van der Waals surface area contributed by atoms with E-state index in [0.29, 0.717) is 22.6 Å². The van der Waals surface area contributed by atoms with Crippen LogP contribution in [0, 0.1) is 0 Å². The molecule has 0 saturated carbocycles. The first-order valence-electron chi connectivity index (χ1n) is 7.10. The number of amides is 1. The van der Waals surface area contributed by atoms with Gasteiger partial charge in [0.05, 0.1) is 0 Å². The van der Waals surface area contributed by atoms with Crippen LogP contribution < -0.4 is 10.1 Å². The number of benzene rings is 2. The molecule has 2 aromatic carbocycles. The zero-order chi connectivity index (χ0) is 16.8. The number of nitrogens with one attached hydrogen (secondary N) is 1. The summed E-state index contributed by atoms with van der Waals surface area (Å²) in [6.45, 7) is 2.83. The maximum Gasteiger partial charge on any atom is 0.262 e. The van der Waals surface area contributed by atoms with Crippen LogP contribution in [-0.2, 0) is 4.79 Å². The molecule has 0 heterocycles. The Morgan fingerprint density at radius 1 is 0.826 bits per heavy atom. The zero-order valence-corrected chi connectivity index (χ0v) is 13.0. The van der Waals surface area contributed by atoms with Crippen LogP contribution in [0.2, 0.25) is 0 Å². The van der Waals surface area contributed by atoms with Crippen molar-refractivity contribution in [2.45, 2.75) is 13.8 Å². The van der Waals surface area contributed by atoms with Crippen molar-refractivity contribution in [2.75, 3.05) is 11.9 Å². The van der Waals surface area contributed by atoms with Crippen molar-refractivity contribution in [3.8, 4) is 5.75 Å². The minimum absolute atomic E-state index is 0.0247. The molecule has 0 saturated heterocycles. The summed E-state index contributed by atoms with van der Waals surface area (Å²) in [5.41, 5.74) is 1.77. The van der Waals surface area contributed by atoms with Gasteiger partial charge in [0, 0.05) is 16.8 Å². The van der Waals surface area contributed by atoms with Crippen molar-refractivity contribution in [3.63, 3.8) is 0 Å².